The van der Waals surface area contributed by atoms with Crippen LogP contribution in [0.2, 0.25) is 20.1 Å². The zero-order valence-electron chi connectivity index (χ0n) is 13.1. The Morgan fingerprint density at radius 1 is 0.923 bits per heavy atom. The number of anilines is 2. The molecule has 3 aromatic rings. The number of thiocarbonyl (C=S) groups is 1. The normalized spacial score (nSPS) is 10.6. The molecule has 26 heavy (non-hydrogen) atoms. The van der Waals surface area contributed by atoms with Gasteiger partial charge in [-0.05, 0) is 48.1 Å². The van der Waals surface area contributed by atoms with Gasteiger partial charge in [-0.1, -0.05) is 52.5 Å². The minimum absolute atomic E-state index is 0.365. The first-order valence-electron chi connectivity index (χ1n) is 7.41. The summed E-state index contributed by atoms with van der Waals surface area (Å²) in [7, 11) is 0. The Hall–Kier alpha value is -1.50. The fourth-order valence-corrected chi connectivity index (χ4v) is 3.34. The number of hydrogen-bond donors (Lipinski definition) is 2. The second-order valence-corrected chi connectivity index (χ2v) is 7.43. The first kappa shape index (κ1) is 19.3. The van der Waals surface area contributed by atoms with Crippen LogP contribution in [-0.2, 0) is 6.54 Å². The molecule has 1 aromatic heterocycles. The lowest BCUT2D eigenvalue weighted by molar-refractivity contribution is 0.690. The maximum Gasteiger partial charge on any atom is 0.176 e. The number of aromatic nitrogens is 2. The second-order valence-electron chi connectivity index (χ2n) is 5.34. The Morgan fingerprint density at radius 2 is 1.62 bits per heavy atom. The van der Waals surface area contributed by atoms with Crippen molar-refractivity contribution in [2.75, 3.05) is 10.6 Å². The van der Waals surface area contributed by atoms with Crippen molar-refractivity contribution >= 4 is 75.2 Å². The monoisotopic (exact) mass is 444 g/mol. The number of nitrogens with zero attached hydrogens (tertiary/aromatic N) is 2. The lowest BCUT2D eigenvalue weighted by Crippen LogP contribution is -2.19. The largest absolute Gasteiger partial charge is 0.331 e. The van der Waals surface area contributed by atoms with Crippen LogP contribution in [0.15, 0.2) is 48.7 Å². The zero-order valence-corrected chi connectivity index (χ0v) is 17.0. The van der Waals surface area contributed by atoms with Crippen LogP contribution in [0.25, 0.3) is 0 Å². The van der Waals surface area contributed by atoms with E-state index in [2.05, 4.69) is 15.7 Å². The van der Waals surface area contributed by atoms with E-state index in [1.165, 1.54) is 0 Å². The van der Waals surface area contributed by atoms with E-state index < -0.39 is 0 Å². The smallest absolute Gasteiger partial charge is 0.176 e. The molecule has 3 rings (SSSR count). The van der Waals surface area contributed by atoms with Crippen molar-refractivity contribution in [3.05, 3.63) is 74.3 Å². The van der Waals surface area contributed by atoms with Crippen LogP contribution < -0.4 is 10.6 Å². The molecule has 0 fully saturated rings. The summed E-state index contributed by atoms with van der Waals surface area (Å²) < 4.78 is 1.75. The summed E-state index contributed by atoms with van der Waals surface area (Å²) in [4.78, 5) is 0. The van der Waals surface area contributed by atoms with E-state index in [-0.39, 0.29) is 0 Å². The summed E-state index contributed by atoms with van der Waals surface area (Å²) in [6, 6.07) is 12.3. The third kappa shape index (κ3) is 5.02. The van der Waals surface area contributed by atoms with Gasteiger partial charge in [0.2, 0.25) is 0 Å². The summed E-state index contributed by atoms with van der Waals surface area (Å²) in [6.45, 7) is 0.515. The zero-order chi connectivity index (χ0) is 18.7. The van der Waals surface area contributed by atoms with Crippen molar-refractivity contribution in [1.82, 2.24) is 9.78 Å². The van der Waals surface area contributed by atoms with Crippen LogP contribution >= 0.6 is 58.6 Å². The van der Waals surface area contributed by atoms with Gasteiger partial charge >= 0.3 is 0 Å². The third-order valence-electron chi connectivity index (χ3n) is 3.41. The van der Waals surface area contributed by atoms with Gasteiger partial charge in [0.15, 0.2) is 10.9 Å². The number of nitrogens with one attached hydrogen (secondary N) is 2. The van der Waals surface area contributed by atoms with Gasteiger partial charge in [-0.25, -0.2) is 0 Å². The van der Waals surface area contributed by atoms with Crippen molar-refractivity contribution < 1.29 is 0 Å². The van der Waals surface area contributed by atoms with Gasteiger partial charge in [0.05, 0.1) is 17.3 Å². The van der Waals surface area contributed by atoms with E-state index in [1.807, 2.05) is 12.3 Å². The molecule has 0 aliphatic carbocycles. The predicted octanol–water partition coefficient (Wildman–Crippen LogP) is 6.35. The van der Waals surface area contributed by atoms with Gasteiger partial charge in [0.25, 0.3) is 0 Å². The van der Waals surface area contributed by atoms with Crippen LogP contribution in [0.3, 0.4) is 0 Å². The molecular weight excluding hydrogens is 434 g/mol. The van der Waals surface area contributed by atoms with E-state index in [0.717, 1.165) is 5.56 Å². The number of rotatable bonds is 4. The summed E-state index contributed by atoms with van der Waals surface area (Å²) in [6.07, 6.45) is 1.82. The first-order chi connectivity index (χ1) is 12.4. The molecule has 1 heterocycles. The molecule has 0 atom stereocenters. The second kappa shape index (κ2) is 8.46. The van der Waals surface area contributed by atoms with Crippen molar-refractivity contribution in [3.8, 4) is 0 Å². The quantitative estimate of drug-likeness (QED) is 0.458. The van der Waals surface area contributed by atoms with E-state index >= 15 is 0 Å². The summed E-state index contributed by atoms with van der Waals surface area (Å²) >= 11 is 29.4. The summed E-state index contributed by atoms with van der Waals surface area (Å²) in [5.74, 6) is 0.595. The van der Waals surface area contributed by atoms with E-state index in [0.29, 0.717) is 43.3 Å². The van der Waals surface area contributed by atoms with Crippen molar-refractivity contribution in [1.29, 1.82) is 0 Å². The maximum absolute atomic E-state index is 6.19. The fourth-order valence-electron chi connectivity index (χ4n) is 2.20. The molecule has 0 saturated heterocycles. The van der Waals surface area contributed by atoms with Gasteiger partial charge in [-0.2, -0.15) is 5.10 Å². The molecule has 0 spiro atoms. The molecule has 134 valence electrons. The van der Waals surface area contributed by atoms with E-state index in [4.69, 9.17) is 58.6 Å². The lowest BCUT2D eigenvalue weighted by atomic mass is 10.2. The standard InChI is InChI=1S/C17H12Cl4N4S/c18-11-2-1-10(13(20)7-11)9-25-6-5-16(24-25)23-17(26)22-15-4-3-12(19)8-14(15)21/h1-8H,9H2,(H2,22,23,24,26). The topological polar surface area (TPSA) is 41.9 Å². The molecular formula is C17H12Cl4N4S. The van der Waals surface area contributed by atoms with Crippen LogP contribution in [0, 0.1) is 0 Å². The van der Waals surface area contributed by atoms with Gasteiger partial charge in [-0.3, -0.25) is 4.68 Å². The minimum Gasteiger partial charge on any atom is -0.331 e. The molecule has 9 heteroatoms. The van der Waals surface area contributed by atoms with Gasteiger partial charge in [0, 0.05) is 27.3 Å². The molecule has 0 bridgehead atoms. The van der Waals surface area contributed by atoms with Crippen molar-refractivity contribution in [3.63, 3.8) is 0 Å². The van der Waals surface area contributed by atoms with Crippen LogP contribution in [0.1, 0.15) is 5.56 Å². The maximum atomic E-state index is 6.19. The predicted molar refractivity (Wildman–Crippen MR) is 114 cm³/mol. The Kier molecular flexibility index (Phi) is 6.27. The van der Waals surface area contributed by atoms with Crippen LogP contribution in [-0.4, -0.2) is 14.9 Å². The molecule has 2 aromatic carbocycles. The van der Waals surface area contributed by atoms with Gasteiger partial charge in [0.1, 0.15) is 0 Å². The summed E-state index contributed by atoms with van der Waals surface area (Å²) in [5.41, 5.74) is 1.57. The fraction of sp³-hybridized carbons (Fsp3) is 0.0588. The molecule has 0 radical (unpaired) electrons. The average Bonchev–Trinajstić information content (AvgIpc) is 3.00. The number of hydrogen-bond acceptors (Lipinski definition) is 2. The Morgan fingerprint density at radius 3 is 2.31 bits per heavy atom. The van der Waals surface area contributed by atoms with Gasteiger partial charge < -0.3 is 10.6 Å². The summed E-state index contributed by atoms with van der Waals surface area (Å²) in [5, 5.41) is 13.0. The van der Waals surface area contributed by atoms with Crippen molar-refractivity contribution in [2.24, 2.45) is 0 Å². The first-order valence-corrected chi connectivity index (χ1v) is 9.33. The Bertz CT molecular complexity index is 958. The molecule has 2 N–H and O–H groups in total. The highest BCUT2D eigenvalue weighted by Crippen LogP contribution is 2.25. The van der Waals surface area contributed by atoms with Gasteiger partial charge in [-0.15, -0.1) is 0 Å². The molecule has 0 unspecified atom stereocenters. The Balaban J connectivity index is 1.63. The number of benzene rings is 2. The molecule has 0 aliphatic heterocycles. The highest BCUT2D eigenvalue weighted by molar-refractivity contribution is 7.80. The number of halogens is 4. The van der Waals surface area contributed by atoms with Crippen molar-refractivity contribution in [2.45, 2.75) is 6.54 Å². The van der Waals surface area contributed by atoms with Crippen LogP contribution in [0.5, 0.6) is 0 Å². The molecule has 0 aliphatic rings. The highest BCUT2D eigenvalue weighted by atomic mass is 35.5. The Labute approximate surface area is 176 Å². The third-order valence-corrected chi connectivity index (χ3v) is 4.75. The minimum atomic E-state index is 0.365. The lowest BCUT2D eigenvalue weighted by Gasteiger charge is -2.10. The average molecular weight is 446 g/mol. The SMILES string of the molecule is S=C(Nc1ccn(Cc2ccc(Cl)cc2Cl)n1)Nc1ccc(Cl)cc1Cl. The molecule has 4 nitrogen and oxygen atoms in total. The molecule has 0 saturated carbocycles. The highest BCUT2D eigenvalue weighted by Gasteiger charge is 2.07. The van der Waals surface area contributed by atoms with E-state index in [1.54, 1.807) is 41.1 Å². The molecule has 0 amide bonds. The van der Waals surface area contributed by atoms with E-state index in [9.17, 15) is 0 Å². The van der Waals surface area contributed by atoms with Crippen LogP contribution in [0.4, 0.5) is 11.5 Å².